The van der Waals surface area contributed by atoms with Crippen LogP contribution in [0.4, 0.5) is 17.2 Å². The van der Waals surface area contributed by atoms with E-state index in [1.54, 1.807) is 18.3 Å². The molecule has 0 fully saturated rings. The van der Waals surface area contributed by atoms with Crippen LogP contribution in [0.3, 0.4) is 0 Å². The predicted octanol–water partition coefficient (Wildman–Crippen LogP) is 4.09. The van der Waals surface area contributed by atoms with Crippen LogP contribution in [-0.4, -0.2) is 25.6 Å². The topological polar surface area (TPSA) is 132 Å². The SMILES string of the molecule is Cc1cc(Nc2ncnc3ccc(N)cc23)ccc1Oc1ccn(CCCC#CC(=O)O)c(=O)c1. The van der Waals surface area contributed by atoms with Gasteiger partial charge in [0.15, 0.2) is 0 Å². The number of pyridine rings is 1. The number of hydrogen-bond donors (Lipinski definition) is 3. The summed E-state index contributed by atoms with van der Waals surface area (Å²) in [5, 5.41) is 12.6. The van der Waals surface area contributed by atoms with Gasteiger partial charge in [-0.15, -0.1) is 0 Å². The van der Waals surface area contributed by atoms with E-state index in [0.29, 0.717) is 42.4 Å². The normalized spacial score (nSPS) is 10.4. The van der Waals surface area contributed by atoms with Gasteiger partial charge in [-0.2, -0.15) is 0 Å². The van der Waals surface area contributed by atoms with E-state index in [4.69, 9.17) is 15.6 Å². The molecule has 176 valence electrons. The fourth-order valence-electron chi connectivity index (χ4n) is 3.49. The maximum Gasteiger partial charge on any atom is 0.381 e. The molecule has 0 aliphatic heterocycles. The standard InChI is InChI=1S/C26H23N5O4/c1-17-13-19(30-26-21-14-18(27)6-8-22(21)28-16-29-26)7-9-23(17)35-20-10-12-31(24(32)15-20)11-4-2-3-5-25(33)34/h6-10,12-16H,2,4,11,27H2,1H3,(H,33,34)(H,28,29,30). The van der Waals surface area contributed by atoms with Crippen LogP contribution < -0.4 is 21.3 Å². The predicted molar refractivity (Wildman–Crippen MR) is 134 cm³/mol. The quantitative estimate of drug-likeness (QED) is 0.209. The van der Waals surface area contributed by atoms with Gasteiger partial charge in [0.05, 0.1) is 5.52 Å². The second-order valence-electron chi connectivity index (χ2n) is 7.81. The van der Waals surface area contributed by atoms with Crippen LogP contribution in [-0.2, 0) is 11.3 Å². The van der Waals surface area contributed by atoms with Crippen molar-refractivity contribution in [3.63, 3.8) is 0 Å². The van der Waals surface area contributed by atoms with Gasteiger partial charge in [-0.25, -0.2) is 14.8 Å². The Morgan fingerprint density at radius 3 is 2.80 bits per heavy atom. The number of carboxylic acid groups (broad SMARTS) is 1. The summed E-state index contributed by atoms with van der Waals surface area (Å²) in [4.78, 5) is 31.4. The third-order valence-corrected chi connectivity index (χ3v) is 5.19. The molecule has 0 atom stereocenters. The van der Waals surface area contributed by atoms with Crippen LogP contribution in [0.15, 0.2) is 65.8 Å². The summed E-state index contributed by atoms with van der Waals surface area (Å²) in [5.74, 6) is 5.14. The van der Waals surface area contributed by atoms with Gasteiger partial charge in [0.25, 0.3) is 5.56 Å². The van der Waals surface area contributed by atoms with Crippen LogP contribution in [0, 0.1) is 18.8 Å². The lowest BCUT2D eigenvalue weighted by molar-refractivity contribution is -0.130. The Hall–Kier alpha value is -4.84. The molecule has 0 spiro atoms. The van der Waals surface area contributed by atoms with E-state index in [-0.39, 0.29) is 5.56 Å². The minimum absolute atomic E-state index is 0.209. The third kappa shape index (κ3) is 5.94. The third-order valence-electron chi connectivity index (χ3n) is 5.19. The number of nitrogens with one attached hydrogen (secondary N) is 1. The first-order chi connectivity index (χ1) is 16.9. The molecule has 0 aliphatic carbocycles. The number of nitrogens with zero attached hydrogens (tertiary/aromatic N) is 3. The molecule has 0 aliphatic rings. The molecule has 2 aromatic carbocycles. The zero-order valence-corrected chi connectivity index (χ0v) is 19.0. The van der Waals surface area contributed by atoms with Gasteiger partial charge in [-0.1, -0.05) is 5.92 Å². The second kappa shape index (κ2) is 10.4. The van der Waals surface area contributed by atoms with Crippen molar-refractivity contribution in [1.82, 2.24) is 14.5 Å². The minimum Gasteiger partial charge on any atom is -0.472 e. The summed E-state index contributed by atoms with van der Waals surface area (Å²) in [6.45, 7) is 2.35. The van der Waals surface area contributed by atoms with Gasteiger partial charge < -0.3 is 25.5 Å². The fourth-order valence-corrected chi connectivity index (χ4v) is 3.49. The van der Waals surface area contributed by atoms with E-state index < -0.39 is 5.97 Å². The first-order valence-electron chi connectivity index (χ1n) is 10.9. The van der Waals surface area contributed by atoms with Crippen LogP contribution >= 0.6 is 0 Å². The van der Waals surface area contributed by atoms with Crippen molar-refractivity contribution in [2.45, 2.75) is 26.3 Å². The Kier molecular flexibility index (Phi) is 6.93. The molecular formula is C26H23N5O4. The summed E-state index contributed by atoms with van der Waals surface area (Å²) in [6.07, 6.45) is 4.12. The van der Waals surface area contributed by atoms with E-state index >= 15 is 0 Å². The van der Waals surface area contributed by atoms with Crippen LogP contribution in [0.2, 0.25) is 0 Å². The molecule has 0 amide bonds. The fraction of sp³-hybridized carbons (Fsp3) is 0.154. The number of fused-ring (bicyclic) bond motifs is 1. The Morgan fingerprint density at radius 1 is 1.17 bits per heavy atom. The summed E-state index contributed by atoms with van der Waals surface area (Å²) >= 11 is 0. The van der Waals surface area contributed by atoms with Crippen LogP contribution in [0.25, 0.3) is 10.9 Å². The average Bonchev–Trinajstić information content (AvgIpc) is 2.82. The van der Waals surface area contributed by atoms with Crippen LogP contribution in [0.1, 0.15) is 18.4 Å². The number of anilines is 3. The molecule has 0 saturated heterocycles. The number of benzene rings is 2. The largest absolute Gasteiger partial charge is 0.472 e. The Bertz CT molecular complexity index is 1520. The second-order valence-corrected chi connectivity index (χ2v) is 7.81. The number of hydrogen-bond acceptors (Lipinski definition) is 7. The average molecular weight is 470 g/mol. The lowest BCUT2D eigenvalue weighted by Gasteiger charge is -2.13. The van der Waals surface area contributed by atoms with Crippen molar-refractivity contribution >= 4 is 34.1 Å². The smallest absolute Gasteiger partial charge is 0.381 e. The number of ether oxygens (including phenoxy) is 1. The molecule has 9 nitrogen and oxygen atoms in total. The molecule has 4 aromatic rings. The van der Waals surface area contributed by atoms with Gasteiger partial charge in [0.2, 0.25) is 0 Å². The highest BCUT2D eigenvalue weighted by molar-refractivity contribution is 5.92. The van der Waals surface area contributed by atoms with E-state index in [0.717, 1.165) is 22.2 Å². The number of nitrogens with two attached hydrogens (primary N) is 1. The highest BCUT2D eigenvalue weighted by atomic mass is 16.5. The maximum atomic E-state index is 12.4. The summed E-state index contributed by atoms with van der Waals surface area (Å²) in [5.41, 5.74) is 8.82. The summed E-state index contributed by atoms with van der Waals surface area (Å²) < 4.78 is 7.47. The molecule has 4 N–H and O–H groups in total. The van der Waals surface area contributed by atoms with Gasteiger partial charge in [-0.3, -0.25) is 4.79 Å². The molecule has 9 heteroatoms. The van der Waals surface area contributed by atoms with E-state index in [2.05, 4.69) is 27.1 Å². The molecule has 35 heavy (non-hydrogen) atoms. The van der Waals surface area contributed by atoms with E-state index in [9.17, 15) is 9.59 Å². The number of nitrogen functional groups attached to an aromatic ring is 1. The maximum absolute atomic E-state index is 12.4. The lowest BCUT2D eigenvalue weighted by Crippen LogP contribution is -2.18. The lowest BCUT2D eigenvalue weighted by atomic mass is 10.2. The Morgan fingerprint density at radius 2 is 2.03 bits per heavy atom. The number of carboxylic acids is 1. The molecule has 0 saturated carbocycles. The first-order valence-corrected chi connectivity index (χ1v) is 10.9. The molecule has 0 radical (unpaired) electrons. The van der Waals surface area contributed by atoms with Crippen molar-refractivity contribution in [1.29, 1.82) is 0 Å². The highest BCUT2D eigenvalue weighted by Gasteiger charge is 2.08. The zero-order chi connectivity index (χ0) is 24.8. The molecule has 0 bridgehead atoms. The van der Waals surface area contributed by atoms with Crippen LogP contribution in [0.5, 0.6) is 11.5 Å². The van der Waals surface area contributed by atoms with Gasteiger partial charge in [-0.05, 0) is 61.4 Å². The van der Waals surface area contributed by atoms with Crippen molar-refractivity contribution in [3.05, 3.63) is 77.0 Å². The van der Waals surface area contributed by atoms with Gasteiger partial charge >= 0.3 is 5.97 Å². The Labute approximate surface area is 201 Å². The number of unbranched alkanes of at least 4 members (excludes halogenated alkanes) is 1. The number of aliphatic carboxylic acids is 1. The summed E-state index contributed by atoms with van der Waals surface area (Å²) in [7, 11) is 0. The van der Waals surface area contributed by atoms with Crippen molar-refractivity contribution < 1.29 is 14.6 Å². The van der Waals surface area contributed by atoms with Gasteiger partial charge in [0.1, 0.15) is 23.6 Å². The van der Waals surface area contributed by atoms with Crippen molar-refractivity contribution in [2.75, 3.05) is 11.1 Å². The van der Waals surface area contributed by atoms with Crippen molar-refractivity contribution in [3.8, 4) is 23.3 Å². The minimum atomic E-state index is -1.16. The van der Waals surface area contributed by atoms with Crippen molar-refractivity contribution in [2.24, 2.45) is 0 Å². The van der Waals surface area contributed by atoms with E-state index in [1.807, 2.05) is 37.3 Å². The molecule has 4 rings (SSSR count). The first kappa shape index (κ1) is 23.3. The van der Waals surface area contributed by atoms with Gasteiger partial charge in [0, 0.05) is 47.9 Å². The Balaban J connectivity index is 1.44. The number of rotatable bonds is 7. The number of aryl methyl sites for hydroxylation is 2. The molecule has 2 heterocycles. The number of aromatic nitrogens is 3. The molecule has 0 unspecified atom stereocenters. The zero-order valence-electron chi connectivity index (χ0n) is 19.0. The summed E-state index contributed by atoms with van der Waals surface area (Å²) in [6, 6.07) is 14.2. The molecule has 2 aromatic heterocycles. The monoisotopic (exact) mass is 469 g/mol. The molecular weight excluding hydrogens is 446 g/mol. The number of carbonyl (C=O) groups is 1. The highest BCUT2D eigenvalue weighted by Crippen LogP contribution is 2.29. The van der Waals surface area contributed by atoms with E-state index in [1.165, 1.54) is 17.0 Å².